The van der Waals surface area contributed by atoms with Gasteiger partial charge in [0.05, 0.1) is 0 Å². The van der Waals surface area contributed by atoms with Crippen LogP contribution in [0, 0.1) is 0 Å². The Morgan fingerprint density at radius 1 is 1.19 bits per heavy atom. The second-order valence-electron chi connectivity index (χ2n) is 5.06. The minimum Gasteiger partial charge on any atom is -0.381 e. The van der Waals surface area contributed by atoms with Crippen LogP contribution in [0.15, 0.2) is 24.3 Å². The molecule has 1 aromatic carbocycles. The highest BCUT2D eigenvalue weighted by atomic mass is 35.5. The molecule has 0 saturated carbocycles. The summed E-state index contributed by atoms with van der Waals surface area (Å²) in [6.07, 6.45) is 1.97. The van der Waals surface area contributed by atoms with E-state index in [9.17, 15) is 0 Å². The molecule has 0 aliphatic heterocycles. The molecule has 1 rings (SSSR count). The average molecular weight is 314 g/mol. The number of hydrogen-bond donors (Lipinski definition) is 2. The molecule has 0 atom stereocenters. The van der Waals surface area contributed by atoms with Crippen LogP contribution in [-0.4, -0.2) is 45.8 Å². The highest BCUT2D eigenvalue weighted by molar-refractivity contribution is 6.18. The van der Waals surface area contributed by atoms with Gasteiger partial charge in [0.15, 0.2) is 0 Å². The van der Waals surface area contributed by atoms with E-state index in [1.54, 1.807) is 0 Å². The summed E-state index contributed by atoms with van der Waals surface area (Å²) < 4.78 is 5.46. The maximum atomic E-state index is 5.75. The smallest absolute Gasteiger partial charge is 0.0478 e. The standard InChI is InChI=1S/C16H28ClN3O/c1-20(11-8-17)16-6-4-15(5-7-16)14-19-10-3-13-21-12-2-9-18/h4-7,19H,2-3,8-14,18H2,1H3. The van der Waals surface area contributed by atoms with Gasteiger partial charge in [-0.1, -0.05) is 12.1 Å². The summed E-state index contributed by atoms with van der Waals surface area (Å²) in [6.45, 7) is 5.00. The van der Waals surface area contributed by atoms with E-state index >= 15 is 0 Å². The summed E-state index contributed by atoms with van der Waals surface area (Å²) in [6, 6.07) is 8.59. The molecule has 0 aliphatic rings. The molecule has 0 bridgehead atoms. The van der Waals surface area contributed by atoms with E-state index in [-0.39, 0.29) is 0 Å². The molecule has 0 aromatic heterocycles. The van der Waals surface area contributed by atoms with Crippen molar-refractivity contribution in [2.75, 3.05) is 50.7 Å². The van der Waals surface area contributed by atoms with Crippen LogP contribution in [-0.2, 0) is 11.3 Å². The van der Waals surface area contributed by atoms with Crippen LogP contribution < -0.4 is 16.0 Å². The largest absolute Gasteiger partial charge is 0.381 e. The van der Waals surface area contributed by atoms with Gasteiger partial charge in [0.25, 0.3) is 0 Å². The van der Waals surface area contributed by atoms with E-state index in [0.717, 1.165) is 45.7 Å². The second kappa shape index (κ2) is 11.8. The zero-order chi connectivity index (χ0) is 15.3. The van der Waals surface area contributed by atoms with E-state index < -0.39 is 0 Å². The van der Waals surface area contributed by atoms with Crippen molar-refractivity contribution in [3.05, 3.63) is 29.8 Å². The SMILES string of the molecule is CN(CCCl)c1ccc(CNCCCOCCCN)cc1. The number of nitrogens with zero attached hydrogens (tertiary/aromatic N) is 1. The Kier molecular flexibility index (Phi) is 10.3. The van der Waals surface area contributed by atoms with E-state index in [0.29, 0.717) is 12.4 Å². The fourth-order valence-corrected chi connectivity index (χ4v) is 2.20. The van der Waals surface area contributed by atoms with Gasteiger partial charge in [0.1, 0.15) is 0 Å². The van der Waals surface area contributed by atoms with E-state index in [1.165, 1.54) is 11.3 Å². The van der Waals surface area contributed by atoms with Crippen molar-refractivity contribution in [2.45, 2.75) is 19.4 Å². The van der Waals surface area contributed by atoms with Crippen LogP contribution >= 0.6 is 11.6 Å². The maximum absolute atomic E-state index is 5.75. The van der Waals surface area contributed by atoms with Gasteiger partial charge >= 0.3 is 0 Å². The number of nitrogens with two attached hydrogens (primary N) is 1. The van der Waals surface area contributed by atoms with Crippen molar-refractivity contribution in [1.82, 2.24) is 5.32 Å². The van der Waals surface area contributed by atoms with Crippen molar-refractivity contribution in [1.29, 1.82) is 0 Å². The number of nitrogens with one attached hydrogen (secondary N) is 1. The van der Waals surface area contributed by atoms with Crippen LogP contribution in [0.25, 0.3) is 0 Å². The third-order valence-electron chi connectivity index (χ3n) is 3.26. The van der Waals surface area contributed by atoms with Gasteiger partial charge in [-0.2, -0.15) is 0 Å². The molecule has 0 unspecified atom stereocenters. The Morgan fingerprint density at radius 2 is 1.90 bits per heavy atom. The molecule has 1 aromatic rings. The van der Waals surface area contributed by atoms with Gasteiger partial charge in [-0.05, 0) is 43.6 Å². The number of hydrogen-bond acceptors (Lipinski definition) is 4. The monoisotopic (exact) mass is 313 g/mol. The summed E-state index contributed by atoms with van der Waals surface area (Å²) in [4.78, 5) is 2.16. The highest BCUT2D eigenvalue weighted by Gasteiger charge is 2.00. The summed E-state index contributed by atoms with van der Waals surface area (Å²) in [5.41, 5.74) is 7.89. The minimum atomic E-state index is 0.646. The first-order chi connectivity index (χ1) is 10.3. The number of benzene rings is 1. The van der Waals surface area contributed by atoms with Crippen molar-refractivity contribution < 1.29 is 4.74 Å². The molecule has 0 amide bonds. The first-order valence-corrected chi connectivity index (χ1v) is 8.16. The number of anilines is 1. The van der Waals surface area contributed by atoms with E-state index in [2.05, 4.69) is 41.5 Å². The van der Waals surface area contributed by atoms with E-state index in [4.69, 9.17) is 22.1 Å². The molecule has 120 valence electrons. The van der Waals surface area contributed by atoms with Gasteiger partial charge in [0, 0.05) is 44.9 Å². The first-order valence-electron chi connectivity index (χ1n) is 7.62. The predicted octanol–water partition coefficient (Wildman–Crippen LogP) is 2.21. The first kappa shape index (κ1) is 18.2. The Balaban J connectivity index is 2.12. The van der Waals surface area contributed by atoms with Gasteiger partial charge in [-0.3, -0.25) is 0 Å². The highest BCUT2D eigenvalue weighted by Crippen LogP contribution is 2.13. The van der Waals surface area contributed by atoms with Gasteiger partial charge < -0.3 is 20.7 Å². The lowest BCUT2D eigenvalue weighted by Gasteiger charge is -2.18. The molecule has 21 heavy (non-hydrogen) atoms. The molecule has 3 N–H and O–H groups in total. The van der Waals surface area contributed by atoms with Gasteiger partial charge in [-0.25, -0.2) is 0 Å². The van der Waals surface area contributed by atoms with Crippen LogP contribution in [0.4, 0.5) is 5.69 Å². The fraction of sp³-hybridized carbons (Fsp3) is 0.625. The zero-order valence-corrected chi connectivity index (χ0v) is 13.7. The topological polar surface area (TPSA) is 50.5 Å². The quantitative estimate of drug-likeness (QED) is 0.459. The zero-order valence-electron chi connectivity index (χ0n) is 13.0. The van der Waals surface area contributed by atoms with Crippen LogP contribution in [0.3, 0.4) is 0 Å². The van der Waals surface area contributed by atoms with Gasteiger partial charge in [0.2, 0.25) is 0 Å². The number of halogens is 1. The van der Waals surface area contributed by atoms with Crippen LogP contribution in [0.5, 0.6) is 0 Å². The summed E-state index contributed by atoms with van der Waals surface area (Å²) >= 11 is 5.75. The lowest BCUT2D eigenvalue weighted by Crippen LogP contribution is -2.19. The minimum absolute atomic E-state index is 0.646. The van der Waals surface area contributed by atoms with Crippen LogP contribution in [0.2, 0.25) is 0 Å². The Bertz CT molecular complexity index is 359. The number of rotatable bonds is 12. The van der Waals surface area contributed by atoms with Gasteiger partial charge in [-0.15, -0.1) is 11.6 Å². The third-order valence-corrected chi connectivity index (χ3v) is 3.43. The van der Waals surface area contributed by atoms with Crippen molar-refractivity contribution in [3.8, 4) is 0 Å². The molecule has 0 spiro atoms. The molecular weight excluding hydrogens is 286 g/mol. The molecule has 0 fully saturated rings. The van der Waals surface area contributed by atoms with E-state index in [1.807, 2.05) is 0 Å². The third kappa shape index (κ3) is 8.27. The number of ether oxygens (including phenoxy) is 1. The average Bonchev–Trinajstić information content (AvgIpc) is 2.51. The molecule has 4 nitrogen and oxygen atoms in total. The lowest BCUT2D eigenvalue weighted by atomic mass is 10.2. The second-order valence-corrected chi connectivity index (χ2v) is 5.44. The number of alkyl halides is 1. The molecule has 0 radical (unpaired) electrons. The normalized spacial score (nSPS) is 10.8. The molecule has 0 aliphatic carbocycles. The van der Waals surface area contributed by atoms with Crippen molar-refractivity contribution in [2.24, 2.45) is 5.73 Å². The molecule has 5 heteroatoms. The Morgan fingerprint density at radius 3 is 2.57 bits per heavy atom. The fourth-order valence-electron chi connectivity index (χ4n) is 1.94. The Hall–Kier alpha value is -0.810. The van der Waals surface area contributed by atoms with Crippen LogP contribution in [0.1, 0.15) is 18.4 Å². The molecule has 0 saturated heterocycles. The predicted molar refractivity (Wildman–Crippen MR) is 91.2 cm³/mol. The summed E-state index contributed by atoms with van der Waals surface area (Å²) in [5.74, 6) is 0.646. The lowest BCUT2D eigenvalue weighted by molar-refractivity contribution is 0.130. The van der Waals surface area contributed by atoms with Crippen molar-refractivity contribution in [3.63, 3.8) is 0 Å². The molecule has 0 heterocycles. The summed E-state index contributed by atoms with van der Waals surface area (Å²) in [5, 5.41) is 3.43. The summed E-state index contributed by atoms with van der Waals surface area (Å²) in [7, 11) is 2.06. The Labute approximate surface area is 133 Å². The van der Waals surface area contributed by atoms with Crippen molar-refractivity contribution >= 4 is 17.3 Å². The maximum Gasteiger partial charge on any atom is 0.0478 e. The molecular formula is C16H28ClN3O.